The minimum absolute atomic E-state index is 0.0252. The van der Waals surface area contributed by atoms with Crippen LogP contribution in [0.1, 0.15) is 36.0 Å². The zero-order chi connectivity index (χ0) is 15.5. The zero-order valence-electron chi connectivity index (χ0n) is 13.0. The van der Waals surface area contributed by atoms with Crippen molar-refractivity contribution in [2.24, 2.45) is 5.92 Å². The Labute approximate surface area is 136 Å². The maximum absolute atomic E-state index is 12.7. The third-order valence-corrected chi connectivity index (χ3v) is 5.12. The van der Waals surface area contributed by atoms with Crippen molar-refractivity contribution >= 4 is 17.5 Å². The number of piperidine rings is 1. The molecule has 0 bridgehead atoms. The molecule has 1 amide bonds. The summed E-state index contributed by atoms with van der Waals surface area (Å²) in [5.41, 5.74) is 0.562. The summed E-state index contributed by atoms with van der Waals surface area (Å²) in [6.07, 6.45) is 4.71. The van der Waals surface area contributed by atoms with E-state index in [2.05, 4.69) is 5.32 Å². The highest BCUT2D eigenvalue weighted by molar-refractivity contribution is 6.31. The second kappa shape index (κ2) is 6.88. The van der Waals surface area contributed by atoms with E-state index in [-0.39, 0.29) is 5.91 Å². The molecule has 5 heteroatoms. The predicted molar refractivity (Wildman–Crippen MR) is 87.7 cm³/mol. The molecule has 4 nitrogen and oxygen atoms in total. The Morgan fingerprint density at radius 3 is 2.73 bits per heavy atom. The van der Waals surface area contributed by atoms with Gasteiger partial charge in [0, 0.05) is 24.2 Å². The third-order valence-electron chi connectivity index (χ3n) is 4.89. The summed E-state index contributed by atoms with van der Waals surface area (Å²) in [5.74, 6) is 1.32. The van der Waals surface area contributed by atoms with Gasteiger partial charge in [0.05, 0.1) is 12.7 Å². The predicted octanol–water partition coefficient (Wildman–Crippen LogP) is 2.95. The average molecular weight is 323 g/mol. The van der Waals surface area contributed by atoms with Crippen molar-refractivity contribution in [1.82, 2.24) is 10.2 Å². The second-order valence-corrected chi connectivity index (χ2v) is 6.61. The summed E-state index contributed by atoms with van der Waals surface area (Å²) in [5, 5.41) is 4.15. The van der Waals surface area contributed by atoms with Gasteiger partial charge in [-0.2, -0.15) is 0 Å². The van der Waals surface area contributed by atoms with Gasteiger partial charge in [0.15, 0.2) is 0 Å². The van der Waals surface area contributed by atoms with Crippen LogP contribution in [0, 0.1) is 5.92 Å². The molecule has 22 heavy (non-hydrogen) atoms. The van der Waals surface area contributed by atoms with Crippen LogP contribution in [0.15, 0.2) is 18.2 Å². The standard InChI is InChI=1S/C17H23ClN2O2/c1-22-16-5-4-13(18)11-14(16)17(21)20-9-6-12(7-10-20)15-3-2-8-19-15/h4-5,11-12,15,19H,2-3,6-10H2,1H3. The molecule has 3 rings (SSSR count). The van der Waals surface area contributed by atoms with Crippen molar-refractivity contribution in [3.63, 3.8) is 0 Å². The van der Waals surface area contributed by atoms with E-state index in [9.17, 15) is 4.79 Å². The van der Waals surface area contributed by atoms with Gasteiger partial charge in [-0.25, -0.2) is 0 Å². The van der Waals surface area contributed by atoms with Crippen LogP contribution in [0.5, 0.6) is 5.75 Å². The van der Waals surface area contributed by atoms with Gasteiger partial charge in [0.2, 0.25) is 0 Å². The van der Waals surface area contributed by atoms with Gasteiger partial charge in [-0.3, -0.25) is 4.79 Å². The van der Waals surface area contributed by atoms with Crippen molar-refractivity contribution in [2.75, 3.05) is 26.7 Å². The number of nitrogens with one attached hydrogen (secondary N) is 1. The number of carbonyl (C=O) groups excluding carboxylic acids is 1. The number of amides is 1. The first-order valence-electron chi connectivity index (χ1n) is 8.05. The van der Waals surface area contributed by atoms with Gasteiger partial charge in [0.25, 0.3) is 5.91 Å². The maximum Gasteiger partial charge on any atom is 0.257 e. The Kier molecular flexibility index (Phi) is 4.89. The van der Waals surface area contributed by atoms with E-state index < -0.39 is 0 Å². The number of hydrogen-bond acceptors (Lipinski definition) is 3. The van der Waals surface area contributed by atoms with Crippen LogP contribution in [0.4, 0.5) is 0 Å². The van der Waals surface area contributed by atoms with Crippen LogP contribution < -0.4 is 10.1 Å². The number of halogens is 1. The highest BCUT2D eigenvalue weighted by Gasteiger charge is 2.30. The van der Waals surface area contributed by atoms with E-state index in [1.165, 1.54) is 12.8 Å². The van der Waals surface area contributed by atoms with Crippen molar-refractivity contribution in [3.8, 4) is 5.75 Å². The van der Waals surface area contributed by atoms with Crippen molar-refractivity contribution in [2.45, 2.75) is 31.7 Å². The van der Waals surface area contributed by atoms with E-state index in [1.54, 1.807) is 25.3 Å². The molecule has 2 fully saturated rings. The smallest absolute Gasteiger partial charge is 0.257 e. The maximum atomic E-state index is 12.7. The molecule has 2 saturated heterocycles. The quantitative estimate of drug-likeness (QED) is 0.930. The van der Waals surface area contributed by atoms with Crippen LogP contribution in [0.2, 0.25) is 5.02 Å². The molecule has 0 aliphatic carbocycles. The number of carbonyl (C=O) groups is 1. The molecular formula is C17H23ClN2O2. The summed E-state index contributed by atoms with van der Waals surface area (Å²) in [7, 11) is 1.58. The Balaban J connectivity index is 1.65. The molecule has 2 heterocycles. The summed E-state index contributed by atoms with van der Waals surface area (Å²) < 4.78 is 5.30. The summed E-state index contributed by atoms with van der Waals surface area (Å²) in [6.45, 7) is 2.78. The van der Waals surface area contributed by atoms with Crippen LogP contribution >= 0.6 is 11.6 Å². The summed E-state index contributed by atoms with van der Waals surface area (Å²) >= 11 is 6.03. The fourth-order valence-electron chi connectivity index (χ4n) is 3.64. The fraction of sp³-hybridized carbons (Fsp3) is 0.588. The Bertz CT molecular complexity index is 535. The molecule has 0 spiro atoms. The van der Waals surface area contributed by atoms with Crippen molar-refractivity contribution in [3.05, 3.63) is 28.8 Å². The normalized spacial score (nSPS) is 22.8. The molecule has 1 N–H and O–H groups in total. The van der Waals surface area contributed by atoms with Gasteiger partial charge in [-0.05, 0) is 56.3 Å². The molecule has 1 aromatic carbocycles. The summed E-state index contributed by atoms with van der Waals surface area (Å²) in [6, 6.07) is 5.85. The number of ether oxygens (including phenoxy) is 1. The molecule has 1 unspecified atom stereocenters. The average Bonchev–Trinajstić information content (AvgIpc) is 3.09. The van der Waals surface area contributed by atoms with Crippen LogP contribution in [0.3, 0.4) is 0 Å². The van der Waals surface area contributed by atoms with E-state index in [4.69, 9.17) is 16.3 Å². The van der Waals surface area contributed by atoms with Crippen LogP contribution in [0.25, 0.3) is 0 Å². The first-order valence-corrected chi connectivity index (χ1v) is 8.43. The lowest BCUT2D eigenvalue weighted by Gasteiger charge is -2.35. The Hall–Kier alpha value is -1.26. The monoisotopic (exact) mass is 322 g/mol. The van der Waals surface area contributed by atoms with Gasteiger partial charge < -0.3 is 15.0 Å². The number of hydrogen-bond donors (Lipinski definition) is 1. The lowest BCUT2D eigenvalue weighted by Crippen LogP contribution is -2.43. The zero-order valence-corrected chi connectivity index (χ0v) is 13.7. The molecular weight excluding hydrogens is 300 g/mol. The van der Waals surface area contributed by atoms with Gasteiger partial charge in [0.1, 0.15) is 5.75 Å². The molecule has 0 radical (unpaired) electrons. The van der Waals surface area contributed by atoms with E-state index in [0.29, 0.717) is 28.3 Å². The number of methoxy groups -OCH3 is 1. The molecule has 0 saturated carbocycles. The van der Waals surface area contributed by atoms with Crippen molar-refractivity contribution in [1.29, 1.82) is 0 Å². The van der Waals surface area contributed by atoms with E-state index >= 15 is 0 Å². The van der Waals surface area contributed by atoms with Crippen molar-refractivity contribution < 1.29 is 9.53 Å². The topological polar surface area (TPSA) is 41.6 Å². The molecule has 1 atom stereocenters. The van der Waals surface area contributed by atoms with E-state index in [1.807, 2.05) is 4.90 Å². The van der Waals surface area contributed by atoms with Gasteiger partial charge >= 0.3 is 0 Å². The fourth-order valence-corrected chi connectivity index (χ4v) is 3.81. The molecule has 1 aromatic rings. The first-order chi connectivity index (χ1) is 10.7. The highest BCUT2D eigenvalue weighted by Crippen LogP contribution is 2.29. The largest absolute Gasteiger partial charge is 0.496 e. The van der Waals surface area contributed by atoms with Crippen LogP contribution in [-0.4, -0.2) is 43.6 Å². The SMILES string of the molecule is COc1ccc(Cl)cc1C(=O)N1CCC(C2CCCN2)CC1. The highest BCUT2D eigenvalue weighted by atomic mass is 35.5. The third kappa shape index (κ3) is 3.23. The lowest BCUT2D eigenvalue weighted by molar-refractivity contribution is 0.0671. The molecule has 2 aliphatic heterocycles. The number of likely N-dealkylation sites (tertiary alicyclic amines) is 1. The van der Waals surface area contributed by atoms with Crippen LogP contribution in [-0.2, 0) is 0 Å². The minimum atomic E-state index is 0.0252. The molecule has 2 aliphatic rings. The lowest BCUT2D eigenvalue weighted by atomic mass is 9.88. The minimum Gasteiger partial charge on any atom is -0.496 e. The summed E-state index contributed by atoms with van der Waals surface area (Å²) in [4.78, 5) is 14.7. The first kappa shape index (κ1) is 15.6. The second-order valence-electron chi connectivity index (χ2n) is 6.18. The number of benzene rings is 1. The van der Waals surface area contributed by atoms with E-state index in [0.717, 1.165) is 32.5 Å². The number of rotatable bonds is 3. The van der Waals surface area contributed by atoms with Gasteiger partial charge in [-0.1, -0.05) is 11.6 Å². The molecule has 0 aromatic heterocycles. The number of nitrogens with zero attached hydrogens (tertiary/aromatic N) is 1. The Morgan fingerprint density at radius 2 is 2.09 bits per heavy atom. The molecule has 120 valence electrons. The van der Waals surface area contributed by atoms with Gasteiger partial charge in [-0.15, -0.1) is 0 Å². The Morgan fingerprint density at radius 1 is 1.32 bits per heavy atom.